The van der Waals surface area contributed by atoms with E-state index in [2.05, 4.69) is 9.64 Å². The average molecular weight is 473 g/mol. The summed E-state index contributed by atoms with van der Waals surface area (Å²) < 4.78 is 32.6. The van der Waals surface area contributed by atoms with E-state index in [1.807, 2.05) is 17.0 Å². The number of piperazine rings is 1. The Hall–Kier alpha value is -2.80. The van der Waals surface area contributed by atoms with Gasteiger partial charge in [-0.15, -0.1) is 0 Å². The molecule has 1 amide bonds. The molecule has 1 aliphatic rings. The van der Waals surface area contributed by atoms with Crippen molar-refractivity contribution in [3.63, 3.8) is 0 Å². The molecule has 184 valence electrons. The first kappa shape index (κ1) is 25.8. The van der Waals surface area contributed by atoms with E-state index in [0.29, 0.717) is 39.0 Å². The summed E-state index contributed by atoms with van der Waals surface area (Å²) in [6, 6.07) is 12.6. The lowest BCUT2D eigenvalue weighted by Crippen LogP contribution is -2.49. The molecule has 0 N–H and O–H groups in total. The van der Waals surface area contributed by atoms with Crippen molar-refractivity contribution >= 4 is 11.9 Å². The Labute approximate surface area is 200 Å². The maximum Gasteiger partial charge on any atom is 0.305 e. The number of unbranched alkanes of at least 4 members (excludes halogenated alkanes) is 4. The summed E-state index contributed by atoms with van der Waals surface area (Å²) in [5.74, 6) is -0.662. The summed E-state index contributed by atoms with van der Waals surface area (Å²) in [6.07, 6.45) is 5.56. The van der Waals surface area contributed by atoms with E-state index < -0.39 is 0 Å². The van der Waals surface area contributed by atoms with Crippen molar-refractivity contribution in [1.29, 1.82) is 0 Å². The van der Waals surface area contributed by atoms with Crippen LogP contribution in [0.2, 0.25) is 0 Å². The van der Waals surface area contributed by atoms with E-state index >= 15 is 0 Å². The number of hydrogen-bond donors (Lipinski definition) is 0. The van der Waals surface area contributed by atoms with Crippen LogP contribution in [0.25, 0.3) is 0 Å². The van der Waals surface area contributed by atoms with Crippen LogP contribution < -0.4 is 0 Å². The molecule has 5 nitrogen and oxygen atoms in total. The zero-order valence-corrected chi connectivity index (χ0v) is 19.8. The number of carbonyl (C=O) groups excluding carboxylic acids is 2. The van der Waals surface area contributed by atoms with E-state index in [-0.39, 0.29) is 29.6 Å². The van der Waals surface area contributed by atoms with Gasteiger partial charge in [-0.25, -0.2) is 8.78 Å². The minimum atomic E-state index is -0.321. The molecule has 0 spiro atoms. The molecule has 2 aromatic carbocycles. The number of carbonyl (C=O) groups is 2. The van der Waals surface area contributed by atoms with E-state index in [0.717, 1.165) is 43.2 Å². The largest absolute Gasteiger partial charge is 0.469 e. The first-order valence-electron chi connectivity index (χ1n) is 12.1. The molecule has 0 aliphatic carbocycles. The SMILES string of the molecule is COC(=O)CCCCCCCC(=O)N1CCN(C(c2cccc(F)c2)c2cccc(F)c2)CC1. The molecular weight excluding hydrogens is 438 g/mol. The number of benzene rings is 2. The van der Waals surface area contributed by atoms with Crippen molar-refractivity contribution in [3.05, 3.63) is 71.3 Å². The van der Waals surface area contributed by atoms with E-state index in [4.69, 9.17) is 0 Å². The Balaban J connectivity index is 1.49. The summed E-state index contributed by atoms with van der Waals surface area (Å²) in [6.45, 7) is 2.46. The minimum absolute atomic E-state index is 0.155. The normalized spacial score (nSPS) is 14.4. The number of amides is 1. The van der Waals surface area contributed by atoms with Gasteiger partial charge in [0.15, 0.2) is 0 Å². The molecule has 0 unspecified atom stereocenters. The van der Waals surface area contributed by atoms with Gasteiger partial charge in [0.2, 0.25) is 5.91 Å². The van der Waals surface area contributed by atoms with Crippen LogP contribution in [-0.2, 0) is 14.3 Å². The molecule has 7 heteroatoms. The number of rotatable bonds is 11. The molecule has 1 fully saturated rings. The second-order valence-electron chi connectivity index (χ2n) is 8.77. The highest BCUT2D eigenvalue weighted by molar-refractivity contribution is 5.76. The maximum absolute atomic E-state index is 14.0. The van der Waals surface area contributed by atoms with Gasteiger partial charge < -0.3 is 9.64 Å². The summed E-state index contributed by atoms with van der Waals surface area (Å²) in [4.78, 5) is 27.9. The zero-order chi connectivity index (χ0) is 24.3. The van der Waals surface area contributed by atoms with Crippen LogP contribution in [-0.4, -0.2) is 55.0 Å². The molecule has 1 aliphatic heterocycles. The van der Waals surface area contributed by atoms with E-state index in [9.17, 15) is 18.4 Å². The quantitative estimate of drug-likeness (QED) is 0.337. The molecular formula is C27H34F2N2O3. The van der Waals surface area contributed by atoms with Crippen LogP contribution >= 0.6 is 0 Å². The van der Waals surface area contributed by atoms with Crippen LogP contribution in [0, 0.1) is 11.6 Å². The van der Waals surface area contributed by atoms with Gasteiger partial charge in [0.25, 0.3) is 0 Å². The van der Waals surface area contributed by atoms with E-state index in [1.165, 1.54) is 31.4 Å². The predicted molar refractivity (Wildman–Crippen MR) is 127 cm³/mol. The lowest BCUT2D eigenvalue weighted by Gasteiger charge is -2.40. The first-order valence-corrected chi connectivity index (χ1v) is 12.1. The van der Waals surface area contributed by atoms with Crippen LogP contribution in [0.3, 0.4) is 0 Å². The van der Waals surface area contributed by atoms with Crippen molar-refractivity contribution < 1.29 is 23.1 Å². The van der Waals surface area contributed by atoms with Gasteiger partial charge in [-0.3, -0.25) is 14.5 Å². The van der Waals surface area contributed by atoms with Gasteiger partial charge in [-0.2, -0.15) is 0 Å². The predicted octanol–water partition coefficient (Wildman–Crippen LogP) is 5.10. The number of methoxy groups -OCH3 is 1. The second kappa shape index (κ2) is 13.2. The Morgan fingerprint density at radius 3 is 1.88 bits per heavy atom. The second-order valence-corrected chi connectivity index (χ2v) is 8.77. The van der Waals surface area contributed by atoms with Gasteiger partial charge in [-0.1, -0.05) is 43.5 Å². The summed E-state index contributed by atoms with van der Waals surface area (Å²) in [7, 11) is 1.40. The Kier molecular flexibility index (Phi) is 10.0. The van der Waals surface area contributed by atoms with Crippen molar-refractivity contribution in [3.8, 4) is 0 Å². The molecule has 0 bridgehead atoms. The number of ether oxygens (including phenoxy) is 1. The third-order valence-electron chi connectivity index (χ3n) is 6.36. The summed E-state index contributed by atoms with van der Waals surface area (Å²) >= 11 is 0. The zero-order valence-electron chi connectivity index (χ0n) is 19.8. The molecule has 0 radical (unpaired) electrons. The lowest BCUT2D eigenvalue weighted by molar-refractivity contribution is -0.140. The van der Waals surface area contributed by atoms with Gasteiger partial charge in [-0.05, 0) is 48.2 Å². The monoisotopic (exact) mass is 472 g/mol. The molecule has 0 aromatic heterocycles. The molecule has 1 heterocycles. The van der Waals surface area contributed by atoms with Crippen LogP contribution in [0.15, 0.2) is 48.5 Å². The topological polar surface area (TPSA) is 49.9 Å². The number of hydrogen-bond acceptors (Lipinski definition) is 4. The number of nitrogens with zero attached hydrogens (tertiary/aromatic N) is 2. The fourth-order valence-electron chi connectivity index (χ4n) is 4.53. The van der Waals surface area contributed by atoms with Crippen molar-refractivity contribution in [2.45, 2.75) is 51.0 Å². The Bertz CT molecular complexity index is 899. The molecule has 2 aromatic rings. The highest BCUT2D eigenvalue weighted by atomic mass is 19.1. The average Bonchev–Trinajstić information content (AvgIpc) is 2.84. The third kappa shape index (κ3) is 7.62. The van der Waals surface area contributed by atoms with Gasteiger partial charge in [0, 0.05) is 39.0 Å². The third-order valence-corrected chi connectivity index (χ3v) is 6.36. The molecule has 0 atom stereocenters. The molecule has 34 heavy (non-hydrogen) atoms. The van der Waals surface area contributed by atoms with Crippen LogP contribution in [0.5, 0.6) is 0 Å². The van der Waals surface area contributed by atoms with Crippen molar-refractivity contribution in [2.24, 2.45) is 0 Å². The van der Waals surface area contributed by atoms with Gasteiger partial charge in [0.05, 0.1) is 13.2 Å². The fraction of sp³-hybridized carbons (Fsp3) is 0.481. The minimum Gasteiger partial charge on any atom is -0.469 e. The fourth-order valence-corrected chi connectivity index (χ4v) is 4.53. The smallest absolute Gasteiger partial charge is 0.305 e. The maximum atomic E-state index is 14.0. The van der Waals surface area contributed by atoms with Crippen molar-refractivity contribution in [2.75, 3.05) is 33.3 Å². The molecule has 0 saturated carbocycles. The number of esters is 1. The van der Waals surface area contributed by atoms with E-state index in [1.54, 1.807) is 12.1 Å². The van der Waals surface area contributed by atoms with Gasteiger partial charge >= 0.3 is 5.97 Å². The summed E-state index contributed by atoms with van der Waals surface area (Å²) in [5.41, 5.74) is 1.55. The molecule has 1 saturated heterocycles. The Morgan fingerprint density at radius 2 is 1.35 bits per heavy atom. The highest BCUT2D eigenvalue weighted by Gasteiger charge is 2.28. The first-order chi connectivity index (χ1) is 16.5. The standard InChI is InChI=1S/C27H34F2N2O3/c1-34-26(33)14-6-4-2-3-5-13-25(32)30-15-17-31(18-16-30)27(21-9-7-11-23(28)19-21)22-10-8-12-24(29)20-22/h7-12,19-20,27H,2-6,13-18H2,1H3. The van der Waals surface area contributed by atoms with Crippen LogP contribution in [0.1, 0.15) is 62.1 Å². The van der Waals surface area contributed by atoms with Crippen molar-refractivity contribution in [1.82, 2.24) is 9.80 Å². The molecule has 3 rings (SSSR count). The van der Waals surface area contributed by atoms with Gasteiger partial charge in [0.1, 0.15) is 11.6 Å². The lowest BCUT2D eigenvalue weighted by atomic mass is 9.96. The Morgan fingerprint density at radius 1 is 0.824 bits per heavy atom. The van der Waals surface area contributed by atoms with Crippen LogP contribution in [0.4, 0.5) is 8.78 Å². The number of halogens is 2. The highest BCUT2D eigenvalue weighted by Crippen LogP contribution is 2.30. The summed E-state index contributed by atoms with van der Waals surface area (Å²) in [5, 5.41) is 0.